The molecular weight excluding hydrogens is 208 g/mol. The van der Waals surface area contributed by atoms with Crippen LogP contribution in [0.15, 0.2) is 15.9 Å². The zero-order valence-corrected chi connectivity index (χ0v) is 9.36. The van der Waals surface area contributed by atoms with Crippen molar-refractivity contribution in [2.45, 2.75) is 33.4 Å². The van der Waals surface area contributed by atoms with E-state index in [1.54, 1.807) is 10.9 Å². The summed E-state index contributed by atoms with van der Waals surface area (Å²) < 4.78 is 3.37. The van der Waals surface area contributed by atoms with Gasteiger partial charge in [-0.05, 0) is 13.3 Å². The van der Waals surface area contributed by atoms with Crippen LogP contribution in [0.5, 0.6) is 0 Å². The molecule has 0 aliphatic carbocycles. The molecule has 0 radical (unpaired) electrons. The fourth-order valence-corrected chi connectivity index (χ4v) is 1.80. The van der Waals surface area contributed by atoms with Crippen molar-refractivity contribution in [3.8, 4) is 0 Å². The number of aromatic nitrogens is 4. The summed E-state index contributed by atoms with van der Waals surface area (Å²) in [7, 11) is 0. The van der Waals surface area contributed by atoms with E-state index in [0.717, 1.165) is 6.42 Å². The maximum absolute atomic E-state index is 11.7. The van der Waals surface area contributed by atoms with Gasteiger partial charge in [0.15, 0.2) is 5.52 Å². The monoisotopic (exact) mass is 222 g/mol. The first-order chi connectivity index (χ1) is 7.69. The van der Waals surface area contributed by atoms with Gasteiger partial charge in [0.1, 0.15) is 5.65 Å². The second-order valence-electron chi connectivity index (χ2n) is 3.61. The quantitative estimate of drug-likeness (QED) is 0.812. The van der Waals surface area contributed by atoms with E-state index in [0.29, 0.717) is 24.3 Å². The third-order valence-electron chi connectivity index (χ3n) is 2.53. The lowest BCUT2D eigenvalue weighted by Gasteiger charge is -2.07. The van der Waals surface area contributed by atoms with E-state index in [9.17, 15) is 9.59 Å². The molecule has 0 aliphatic heterocycles. The molecule has 16 heavy (non-hydrogen) atoms. The van der Waals surface area contributed by atoms with Gasteiger partial charge in [0.05, 0.1) is 6.33 Å². The van der Waals surface area contributed by atoms with Crippen LogP contribution in [0.4, 0.5) is 0 Å². The largest absolute Gasteiger partial charge is 0.330 e. The number of nitrogens with zero attached hydrogens (tertiary/aromatic N) is 3. The molecule has 0 aliphatic rings. The van der Waals surface area contributed by atoms with Gasteiger partial charge in [-0.25, -0.2) is 9.78 Å². The molecule has 0 atom stereocenters. The molecule has 0 saturated heterocycles. The Morgan fingerprint density at radius 3 is 2.75 bits per heavy atom. The average Bonchev–Trinajstić information content (AvgIpc) is 2.68. The number of hydrogen-bond donors (Lipinski definition) is 1. The lowest BCUT2D eigenvalue weighted by Crippen LogP contribution is -2.31. The minimum atomic E-state index is -0.417. The summed E-state index contributed by atoms with van der Waals surface area (Å²) in [6.45, 7) is 5.19. The molecule has 0 spiro atoms. The second kappa shape index (κ2) is 3.96. The van der Waals surface area contributed by atoms with Gasteiger partial charge < -0.3 is 4.57 Å². The van der Waals surface area contributed by atoms with Gasteiger partial charge in [-0.2, -0.15) is 0 Å². The smallest absolute Gasteiger partial charge is 0.317 e. The molecular formula is C10H14N4O2. The summed E-state index contributed by atoms with van der Waals surface area (Å²) in [6, 6.07) is 0. The minimum absolute atomic E-state index is 0.329. The average molecular weight is 222 g/mol. The predicted octanol–water partition coefficient (Wildman–Crippen LogP) is 0.316. The van der Waals surface area contributed by atoms with Crippen LogP contribution < -0.4 is 11.2 Å². The fourth-order valence-electron chi connectivity index (χ4n) is 1.80. The van der Waals surface area contributed by atoms with Crippen molar-refractivity contribution in [1.29, 1.82) is 0 Å². The van der Waals surface area contributed by atoms with Crippen molar-refractivity contribution in [1.82, 2.24) is 19.1 Å². The SMILES string of the molecule is CCCn1c(=O)[nH]c(=O)c2ncn(CC)c21. The van der Waals surface area contributed by atoms with Crippen LogP contribution in [0, 0.1) is 0 Å². The maximum atomic E-state index is 11.7. The van der Waals surface area contributed by atoms with Gasteiger partial charge in [-0.1, -0.05) is 6.92 Å². The van der Waals surface area contributed by atoms with Crippen LogP contribution in [-0.2, 0) is 13.1 Å². The number of fused-ring (bicyclic) bond motifs is 1. The molecule has 2 aromatic heterocycles. The van der Waals surface area contributed by atoms with Gasteiger partial charge in [0.25, 0.3) is 5.56 Å². The number of rotatable bonds is 3. The van der Waals surface area contributed by atoms with Crippen LogP contribution in [0.25, 0.3) is 11.2 Å². The van der Waals surface area contributed by atoms with Crippen molar-refractivity contribution < 1.29 is 0 Å². The third-order valence-corrected chi connectivity index (χ3v) is 2.53. The van der Waals surface area contributed by atoms with Crippen LogP contribution in [0.3, 0.4) is 0 Å². The second-order valence-corrected chi connectivity index (χ2v) is 3.61. The summed E-state index contributed by atoms with van der Waals surface area (Å²) in [4.78, 5) is 29.5. The van der Waals surface area contributed by atoms with Crippen LogP contribution in [0.1, 0.15) is 20.3 Å². The van der Waals surface area contributed by atoms with E-state index in [4.69, 9.17) is 0 Å². The number of imidazole rings is 1. The van der Waals surface area contributed by atoms with Crippen molar-refractivity contribution in [3.63, 3.8) is 0 Å². The molecule has 0 aromatic carbocycles. The molecule has 2 aromatic rings. The van der Waals surface area contributed by atoms with Gasteiger partial charge in [0, 0.05) is 13.1 Å². The molecule has 0 fully saturated rings. The lowest BCUT2D eigenvalue weighted by atomic mass is 10.4. The standard InChI is InChI=1S/C10H14N4O2/c1-3-5-14-9-7(8(15)12-10(14)16)11-6-13(9)4-2/h6H,3-5H2,1-2H3,(H,12,15,16). The highest BCUT2D eigenvalue weighted by molar-refractivity contribution is 5.69. The van der Waals surface area contributed by atoms with Crippen molar-refractivity contribution in [2.75, 3.05) is 0 Å². The number of aromatic amines is 1. The maximum Gasteiger partial charge on any atom is 0.330 e. The molecule has 2 heterocycles. The highest BCUT2D eigenvalue weighted by Crippen LogP contribution is 2.06. The van der Waals surface area contributed by atoms with E-state index < -0.39 is 5.56 Å². The number of hydrogen-bond acceptors (Lipinski definition) is 3. The summed E-state index contributed by atoms with van der Waals surface area (Å²) >= 11 is 0. The molecule has 2 rings (SSSR count). The first-order valence-electron chi connectivity index (χ1n) is 5.37. The predicted molar refractivity (Wildman–Crippen MR) is 60.6 cm³/mol. The van der Waals surface area contributed by atoms with Crippen molar-refractivity contribution in [2.24, 2.45) is 0 Å². The van der Waals surface area contributed by atoms with Crippen molar-refractivity contribution >= 4 is 11.2 Å². The Morgan fingerprint density at radius 1 is 1.38 bits per heavy atom. The minimum Gasteiger partial charge on any atom is -0.317 e. The summed E-state index contributed by atoms with van der Waals surface area (Å²) in [5, 5.41) is 0. The van der Waals surface area contributed by atoms with E-state index >= 15 is 0 Å². The molecule has 0 bridgehead atoms. The van der Waals surface area contributed by atoms with Crippen LogP contribution in [-0.4, -0.2) is 19.1 Å². The normalized spacial score (nSPS) is 11.1. The molecule has 0 unspecified atom stereocenters. The summed E-state index contributed by atoms with van der Waals surface area (Å²) in [6.07, 6.45) is 2.42. The molecule has 6 heteroatoms. The zero-order valence-electron chi connectivity index (χ0n) is 9.36. The molecule has 6 nitrogen and oxygen atoms in total. The molecule has 0 saturated carbocycles. The Morgan fingerprint density at radius 2 is 2.12 bits per heavy atom. The number of H-pyrrole nitrogens is 1. The first-order valence-corrected chi connectivity index (χ1v) is 5.37. The Labute approximate surface area is 91.5 Å². The highest BCUT2D eigenvalue weighted by Gasteiger charge is 2.11. The van der Waals surface area contributed by atoms with E-state index in [1.165, 1.54) is 0 Å². The zero-order chi connectivity index (χ0) is 11.7. The topological polar surface area (TPSA) is 72.7 Å². The third kappa shape index (κ3) is 1.46. The Bertz CT molecular complexity index is 620. The van der Waals surface area contributed by atoms with Crippen LogP contribution >= 0.6 is 0 Å². The van der Waals surface area contributed by atoms with Crippen molar-refractivity contribution in [3.05, 3.63) is 27.2 Å². The molecule has 0 amide bonds. The van der Waals surface area contributed by atoms with E-state index in [2.05, 4.69) is 9.97 Å². The van der Waals surface area contributed by atoms with Gasteiger partial charge >= 0.3 is 5.69 Å². The Hall–Kier alpha value is -1.85. The highest BCUT2D eigenvalue weighted by atomic mass is 16.2. The van der Waals surface area contributed by atoms with Gasteiger partial charge in [0.2, 0.25) is 0 Å². The van der Waals surface area contributed by atoms with Crippen LogP contribution in [0.2, 0.25) is 0 Å². The fraction of sp³-hybridized carbons (Fsp3) is 0.500. The Kier molecular flexibility index (Phi) is 2.64. The lowest BCUT2D eigenvalue weighted by molar-refractivity contribution is 0.630. The van der Waals surface area contributed by atoms with Gasteiger partial charge in [-0.3, -0.25) is 14.3 Å². The first kappa shape index (κ1) is 10.7. The summed E-state index contributed by atoms with van der Waals surface area (Å²) in [5.74, 6) is 0. The summed E-state index contributed by atoms with van der Waals surface area (Å²) in [5.41, 5.74) is 0.155. The number of nitrogens with one attached hydrogen (secondary N) is 1. The van der Waals surface area contributed by atoms with E-state index in [1.807, 2.05) is 18.4 Å². The number of aryl methyl sites for hydroxylation is 2. The molecule has 1 N–H and O–H groups in total. The van der Waals surface area contributed by atoms with E-state index in [-0.39, 0.29) is 5.69 Å². The van der Waals surface area contributed by atoms with Gasteiger partial charge in [-0.15, -0.1) is 0 Å². The Balaban J connectivity index is 2.90. The molecule has 86 valence electrons.